The lowest BCUT2D eigenvalue weighted by Gasteiger charge is -2.34. The lowest BCUT2D eigenvalue weighted by atomic mass is 10.1. The van der Waals surface area contributed by atoms with Crippen LogP contribution in [0.4, 0.5) is 5.82 Å². The Hall–Kier alpha value is -3.97. The van der Waals surface area contributed by atoms with Crippen LogP contribution in [0.25, 0.3) is 38.6 Å². The van der Waals surface area contributed by atoms with Crippen LogP contribution in [0.2, 0.25) is 0 Å². The van der Waals surface area contributed by atoms with E-state index in [0.29, 0.717) is 32.1 Å². The van der Waals surface area contributed by atoms with Crippen LogP contribution in [-0.2, 0) is 20.9 Å². The zero-order valence-electron chi connectivity index (χ0n) is 24.3. The maximum absolute atomic E-state index is 12.8. The van der Waals surface area contributed by atoms with Crippen LogP contribution in [0, 0.1) is 0 Å². The fraction of sp³-hybridized carbons (Fsp3) is 0.344. The summed E-state index contributed by atoms with van der Waals surface area (Å²) in [5, 5.41) is 10.3. The molecule has 0 unspecified atom stereocenters. The first-order valence-corrected chi connectivity index (χ1v) is 16.6. The number of aromatic nitrogens is 4. The zero-order chi connectivity index (χ0) is 29.9. The third-order valence-corrected chi connectivity index (χ3v) is 10.0. The summed E-state index contributed by atoms with van der Waals surface area (Å²) in [7, 11) is 0. The van der Waals surface area contributed by atoms with Gasteiger partial charge in [0.2, 0.25) is 5.91 Å². The Morgan fingerprint density at radius 1 is 1.00 bits per heavy atom. The first-order chi connectivity index (χ1) is 21.6. The van der Waals surface area contributed by atoms with Gasteiger partial charge in [-0.2, -0.15) is 5.10 Å². The average molecular weight is 628 g/mol. The summed E-state index contributed by atoms with van der Waals surface area (Å²) >= 11 is 3.34. The first kappa shape index (κ1) is 28.8. The first-order valence-electron chi connectivity index (χ1n) is 14.9. The van der Waals surface area contributed by atoms with Crippen LogP contribution in [0.15, 0.2) is 54.1 Å². The Morgan fingerprint density at radius 2 is 1.86 bits per heavy atom. The van der Waals surface area contributed by atoms with Crippen LogP contribution in [0.1, 0.15) is 22.6 Å². The van der Waals surface area contributed by atoms with Crippen molar-refractivity contribution in [1.82, 2.24) is 30.0 Å². The highest BCUT2D eigenvalue weighted by molar-refractivity contribution is 7.19. The van der Waals surface area contributed by atoms with Gasteiger partial charge in [0.05, 0.1) is 35.1 Å². The van der Waals surface area contributed by atoms with E-state index in [1.54, 1.807) is 28.7 Å². The minimum atomic E-state index is -0.0145. The van der Waals surface area contributed by atoms with Crippen LogP contribution in [0.5, 0.6) is 0 Å². The number of H-pyrrole nitrogens is 1. The third-order valence-electron chi connectivity index (χ3n) is 8.11. The Balaban J connectivity index is 1.02. The maximum atomic E-state index is 12.8. The fourth-order valence-electron chi connectivity index (χ4n) is 5.72. The molecule has 5 aromatic rings. The van der Waals surface area contributed by atoms with E-state index >= 15 is 0 Å². The molecule has 2 fully saturated rings. The number of morpholine rings is 1. The number of benzene rings is 1. The van der Waals surface area contributed by atoms with E-state index in [1.807, 2.05) is 52.9 Å². The molecule has 7 rings (SSSR count). The number of hydrogen-bond donors (Lipinski definition) is 1. The largest absolute Gasteiger partial charge is 0.378 e. The number of piperazine rings is 1. The smallest absolute Gasteiger partial charge is 0.223 e. The highest BCUT2D eigenvalue weighted by Crippen LogP contribution is 2.36. The lowest BCUT2D eigenvalue weighted by molar-refractivity contribution is -0.134. The monoisotopic (exact) mass is 627 g/mol. The maximum Gasteiger partial charge on any atom is 0.223 e. The number of carbonyl (C=O) groups excluding carboxylic acids is 2. The zero-order valence-corrected chi connectivity index (χ0v) is 25.9. The number of hydrogen-bond acceptors (Lipinski definition) is 10. The molecule has 2 aliphatic heterocycles. The van der Waals surface area contributed by atoms with Gasteiger partial charge in [0.15, 0.2) is 17.4 Å². The number of nitrogens with one attached hydrogen (secondary N) is 1. The molecule has 44 heavy (non-hydrogen) atoms. The molecular weight excluding hydrogens is 595 g/mol. The minimum absolute atomic E-state index is 0.0145. The molecule has 0 saturated carbocycles. The van der Waals surface area contributed by atoms with Gasteiger partial charge in [0, 0.05) is 79.4 Å². The van der Waals surface area contributed by atoms with Crippen LogP contribution in [0.3, 0.4) is 0 Å². The van der Waals surface area contributed by atoms with Crippen LogP contribution >= 0.6 is 22.7 Å². The summed E-state index contributed by atoms with van der Waals surface area (Å²) in [5.41, 5.74) is 2.87. The minimum Gasteiger partial charge on any atom is -0.378 e. The molecule has 0 atom stereocenters. The molecule has 10 nitrogen and oxygen atoms in total. The van der Waals surface area contributed by atoms with Gasteiger partial charge in [0.25, 0.3) is 0 Å². The second-order valence-electron chi connectivity index (χ2n) is 11.0. The van der Waals surface area contributed by atoms with Gasteiger partial charge in [0.1, 0.15) is 0 Å². The highest BCUT2D eigenvalue weighted by atomic mass is 32.1. The van der Waals surface area contributed by atoms with E-state index in [-0.39, 0.29) is 24.5 Å². The number of thiophene rings is 2. The van der Waals surface area contributed by atoms with Crippen molar-refractivity contribution in [2.75, 3.05) is 57.4 Å². The molecule has 0 radical (unpaired) electrons. The van der Waals surface area contributed by atoms with E-state index in [4.69, 9.17) is 14.7 Å². The van der Waals surface area contributed by atoms with Gasteiger partial charge in [-0.15, -0.1) is 22.7 Å². The number of aromatic amines is 1. The van der Waals surface area contributed by atoms with E-state index in [1.165, 1.54) is 4.88 Å². The number of rotatable bonds is 9. The lowest BCUT2D eigenvalue weighted by Crippen LogP contribution is -2.48. The molecule has 6 heterocycles. The molecule has 0 aliphatic carbocycles. The van der Waals surface area contributed by atoms with Gasteiger partial charge in [-0.05, 0) is 35.7 Å². The van der Waals surface area contributed by atoms with Crippen molar-refractivity contribution in [2.45, 2.75) is 19.4 Å². The molecule has 0 spiro atoms. The molecule has 12 heteroatoms. The van der Waals surface area contributed by atoms with Crippen molar-refractivity contribution in [1.29, 1.82) is 0 Å². The van der Waals surface area contributed by atoms with Gasteiger partial charge in [-0.1, -0.05) is 18.2 Å². The second-order valence-corrected chi connectivity index (χ2v) is 13.1. The third kappa shape index (κ3) is 6.29. The summed E-state index contributed by atoms with van der Waals surface area (Å²) in [4.78, 5) is 44.1. The van der Waals surface area contributed by atoms with Gasteiger partial charge in [-0.25, -0.2) is 9.97 Å². The van der Waals surface area contributed by atoms with Crippen molar-refractivity contribution in [2.24, 2.45) is 0 Å². The summed E-state index contributed by atoms with van der Waals surface area (Å²) in [6.07, 6.45) is 5.73. The van der Waals surface area contributed by atoms with Gasteiger partial charge < -0.3 is 14.5 Å². The van der Waals surface area contributed by atoms with E-state index in [2.05, 4.69) is 26.1 Å². The summed E-state index contributed by atoms with van der Waals surface area (Å²) in [6.45, 7) is 6.66. The molecule has 1 amide bonds. The molecule has 1 N–H and O–H groups in total. The van der Waals surface area contributed by atoms with E-state index in [0.717, 1.165) is 70.1 Å². The molecule has 2 aliphatic rings. The van der Waals surface area contributed by atoms with Gasteiger partial charge in [-0.3, -0.25) is 19.6 Å². The van der Waals surface area contributed by atoms with Gasteiger partial charge >= 0.3 is 0 Å². The predicted molar refractivity (Wildman–Crippen MR) is 175 cm³/mol. The topological polar surface area (TPSA) is 108 Å². The fourth-order valence-corrected chi connectivity index (χ4v) is 7.50. The van der Waals surface area contributed by atoms with Crippen molar-refractivity contribution >= 4 is 67.4 Å². The molecule has 4 aromatic heterocycles. The van der Waals surface area contributed by atoms with Crippen molar-refractivity contribution < 1.29 is 14.3 Å². The van der Waals surface area contributed by atoms with E-state index in [9.17, 15) is 9.59 Å². The molecule has 2 saturated heterocycles. The number of ketones is 1. The van der Waals surface area contributed by atoms with Crippen molar-refractivity contribution in [3.8, 4) is 11.4 Å². The number of amides is 1. The quantitative estimate of drug-likeness (QED) is 0.232. The Morgan fingerprint density at radius 3 is 2.68 bits per heavy atom. The normalized spacial score (nSPS) is 16.5. The predicted octanol–water partition coefficient (Wildman–Crippen LogP) is 4.84. The SMILES string of the molecule is O=C(C=Cc1cccs1)CCC(=O)N1CCN(Cc2cc3nc(-c4cccc5[nH]ncc45)nc(N4CCOCC4)c3s2)CC1. The van der Waals surface area contributed by atoms with Crippen molar-refractivity contribution in [3.05, 3.63) is 63.8 Å². The van der Waals surface area contributed by atoms with Crippen molar-refractivity contribution in [3.63, 3.8) is 0 Å². The summed E-state index contributed by atoms with van der Waals surface area (Å²) in [6, 6.07) is 12.2. The number of nitrogens with zero attached hydrogens (tertiary/aromatic N) is 6. The molecule has 1 aromatic carbocycles. The number of anilines is 1. The summed E-state index contributed by atoms with van der Waals surface area (Å²) in [5.74, 6) is 1.69. The summed E-state index contributed by atoms with van der Waals surface area (Å²) < 4.78 is 6.72. The standard InChI is InChI=1S/C32H33N7O3S2/c40-22(6-8-23-3-2-18-43-23)7-9-29(41)38-12-10-37(11-13-38)21-24-19-28-30(44-24)32(39-14-16-42-17-15-39)35-31(34-28)25-4-1-5-27-26(25)20-33-36-27/h1-6,8,18-20H,7,9-17,21H2,(H,33,36). The van der Waals surface area contributed by atoms with Crippen LogP contribution in [-0.4, -0.2) is 94.1 Å². The number of fused-ring (bicyclic) bond motifs is 2. The Kier molecular flexibility index (Phi) is 8.47. The number of allylic oxidation sites excluding steroid dienone is 1. The molecule has 226 valence electrons. The molecule has 0 bridgehead atoms. The Labute approximate surface area is 263 Å². The molecular formula is C32H33N7O3S2. The highest BCUT2D eigenvalue weighted by Gasteiger charge is 2.24. The number of ether oxygens (including phenoxy) is 1. The number of carbonyl (C=O) groups is 2. The van der Waals surface area contributed by atoms with Crippen LogP contribution < -0.4 is 4.90 Å². The van der Waals surface area contributed by atoms with E-state index < -0.39 is 0 Å². The average Bonchev–Trinajstić information content (AvgIpc) is 3.84. The Bertz CT molecular complexity index is 1800. The second kappa shape index (κ2) is 12.9.